The van der Waals surface area contributed by atoms with Crippen molar-refractivity contribution in [3.8, 4) is 5.75 Å². The molecule has 2 aromatic heterocycles. The van der Waals surface area contributed by atoms with E-state index < -0.39 is 0 Å². The number of nitrogens with zero attached hydrogens (tertiary/aromatic N) is 4. The van der Waals surface area contributed by atoms with E-state index in [4.69, 9.17) is 9.26 Å². The first-order valence-electron chi connectivity index (χ1n) is 8.80. The van der Waals surface area contributed by atoms with E-state index in [1.54, 1.807) is 11.3 Å². The lowest BCUT2D eigenvalue weighted by Crippen LogP contribution is -2.44. The number of hydrogen-bond acceptors (Lipinski definition) is 7. The molecule has 1 aromatic carbocycles. The van der Waals surface area contributed by atoms with Crippen LogP contribution in [-0.4, -0.2) is 39.7 Å². The SMILES string of the molecule is Cc1cccc(OCCc2noc(C3CN(Cc4scnc4C)C3)n2)c1. The van der Waals surface area contributed by atoms with Crippen molar-refractivity contribution in [3.05, 3.63) is 57.6 Å². The van der Waals surface area contributed by atoms with Gasteiger partial charge in [0, 0.05) is 30.9 Å². The molecule has 0 radical (unpaired) electrons. The van der Waals surface area contributed by atoms with E-state index in [1.807, 2.05) is 23.7 Å². The molecule has 0 unspecified atom stereocenters. The maximum Gasteiger partial charge on any atom is 0.232 e. The van der Waals surface area contributed by atoms with Gasteiger partial charge in [-0.25, -0.2) is 4.98 Å². The van der Waals surface area contributed by atoms with Crippen LogP contribution < -0.4 is 4.74 Å². The molecular weight excluding hydrogens is 348 g/mol. The summed E-state index contributed by atoms with van der Waals surface area (Å²) in [7, 11) is 0. The zero-order valence-corrected chi connectivity index (χ0v) is 15.8. The van der Waals surface area contributed by atoms with Crippen molar-refractivity contribution in [3.63, 3.8) is 0 Å². The monoisotopic (exact) mass is 370 g/mol. The lowest BCUT2D eigenvalue weighted by molar-refractivity contribution is 0.118. The van der Waals surface area contributed by atoms with Gasteiger partial charge in [-0.2, -0.15) is 4.98 Å². The molecule has 3 heterocycles. The predicted octanol–water partition coefficient (Wildman–Crippen LogP) is 3.36. The molecule has 26 heavy (non-hydrogen) atoms. The highest BCUT2D eigenvalue weighted by molar-refractivity contribution is 7.09. The average molecular weight is 370 g/mol. The van der Waals surface area contributed by atoms with E-state index in [-0.39, 0.29) is 0 Å². The van der Waals surface area contributed by atoms with Gasteiger partial charge in [-0.15, -0.1) is 11.3 Å². The quantitative estimate of drug-likeness (QED) is 0.635. The van der Waals surface area contributed by atoms with E-state index in [1.165, 1.54) is 10.4 Å². The lowest BCUT2D eigenvalue weighted by Gasteiger charge is -2.36. The zero-order chi connectivity index (χ0) is 17.9. The first kappa shape index (κ1) is 17.2. The van der Waals surface area contributed by atoms with Crippen LogP contribution in [0, 0.1) is 13.8 Å². The van der Waals surface area contributed by atoms with Crippen molar-refractivity contribution in [1.82, 2.24) is 20.0 Å². The van der Waals surface area contributed by atoms with E-state index in [9.17, 15) is 0 Å². The van der Waals surface area contributed by atoms with Crippen molar-refractivity contribution in [2.45, 2.75) is 32.7 Å². The number of ether oxygens (including phenoxy) is 1. The predicted molar refractivity (Wildman–Crippen MR) is 99.5 cm³/mol. The summed E-state index contributed by atoms with van der Waals surface area (Å²) in [6, 6.07) is 8.03. The molecule has 1 saturated heterocycles. The molecule has 7 heteroatoms. The number of benzene rings is 1. The molecule has 0 saturated carbocycles. The summed E-state index contributed by atoms with van der Waals surface area (Å²) in [5, 5.41) is 4.09. The smallest absolute Gasteiger partial charge is 0.232 e. The molecule has 0 amide bonds. The summed E-state index contributed by atoms with van der Waals surface area (Å²) < 4.78 is 11.2. The Morgan fingerprint density at radius 1 is 1.31 bits per heavy atom. The minimum atomic E-state index is 0.335. The molecule has 0 atom stereocenters. The number of hydrogen-bond donors (Lipinski definition) is 0. The van der Waals surface area contributed by atoms with Gasteiger partial charge in [-0.05, 0) is 31.5 Å². The largest absolute Gasteiger partial charge is 0.493 e. The minimum absolute atomic E-state index is 0.335. The van der Waals surface area contributed by atoms with Gasteiger partial charge in [0.15, 0.2) is 5.82 Å². The molecule has 0 spiro atoms. The highest BCUT2D eigenvalue weighted by Gasteiger charge is 2.32. The number of aromatic nitrogens is 3. The molecule has 0 N–H and O–H groups in total. The lowest BCUT2D eigenvalue weighted by atomic mass is 10.00. The van der Waals surface area contributed by atoms with Crippen molar-refractivity contribution in [1.29, 1.82) is 0 Å². The maximum absolute atomic E-state index is 5.75. The van der Waals surface area contributed by atoms with Crippen LogP contribution in [0.1, 0.15) is 33.8 Å². The average Bonchev–Trinajstić information content (AvgIpc) is 3.20. The molecule has 4 rings (SSSR count). The number of thiazole rings is 1. The first-order chi connectivity index (χ1) is 12.7. The fourth-order valence-corrected chi connectivity index (χ4v) is 3.85. The van der Waals surface area contributed by atoms with Crippen LogP contribution in [0.4, 0.5) is 0 Å². The van der Waals surface area contributed by atoms with Gasteiger partial charge >= 0.3 is 0 Å². The van der Waals surface area contributed by atoms with Crippen LogP contribution in [0.3, 0.4) is 0 Å². The van der Waals surface area contributed by atoms with Gasteiger partial charge in [0.05, 0.1) is 23.7 Å². The number of likely N-dealkylation sites (tertiary alicyclic amines) is 1. The third kappa shape index (κ3) is 3.94. The second kappa shape index (κ2) is 7.55. The fraction of sp³-hybridized carbons (Fsp3) is 0.421. The minimum Gasteiger partial charge on any atom is -0.493 e. The molecule has 1 aliphatic heterocycles. The van der Waals surface area contributed by atoms with Crippen LogP contribution in [-0.2, 0) is 13.0 Å². The second-order valence-electron chi connectivity index (χ2n) is 6.72. The Bertz CT molecular complexity index is 870. The van der Waals surface area contributed by atoms with Crippen molar-refractivity contribution >= 4 is 11.3 Å². The maximum atomic E-state index is 5.75. The van der Waals surface area contributed by atoms with Crippen LogP contribution in [0.15, 0.2) is 34.3 Å². The van der Waals surface area contributed by atoms with Crippen molar-refractivity contribution < 1.29 is 9.26 Å². The van der Waals surface area contributed by atoms with E-state index >= 15 is 0 Å². The van der Waals surface area contributed by atoms with E-state index in [0.717, 1.165) is 37.0 Å². The molecule has 1 fully saturated rings. The highest BCUT2D eigenvalue weighted by atomic mass is 32.1. The summed E-state index contributed by atoms with van der Waals surface area (Å²) in [5.74, 6) is 2.67. The Balaban J connectivity index is 1.23. The molecule has 136 valence electrons. The third-order valence-corrected chi connectivity index (χ3v) is 5.51. The molecule has 0 bridgehead atoms. The van der Waals surface area contributed by atoms with Gasteiger partial charge in [-0.1, -0.05) is 17.3 Å². The summed E-state index contributed by atoms with van der Waals surface area (Å²) in [6.07, 6.45) is 0.647. The Kier molecular flexibility index (Phi) is 4.99. The third-order valence-electron chi connectivity index (χ3n) is 4.59. The standard InChI is InChI=1S/C19H22N4O2S/c1-13-4-3-5-16(8-13)24-7-6-18-21-19(25-22-18)15-9-23(10-15)11-17-14(2)20-12-26-17/h3-5,8,12,15H,6-7,9-11H2,1-2H3. The fourth-order valence-electron chi connectivity index (χ4n) is 3.04. The number of rotatable bonds is 7. The molecule has 0 aliphatic carbocycles. The second-order valence-corrected chi connectivity index (χ2v) is 7.66. The molecular formula is C19H22N4O2S. The van der Waals surface area contributed by atoms with Crippen molar-refractivity contribution in [2.75, 3.05) is 19.7 Å². The van der Waals surface area contributed by atoms with Gasteiger partial charge in [0.2, 0.25) is 5.89 Å². The van der Waals surface area contributed by atoms with Crippen molar-refractivity contribution in [2.24, 2.45) is 0 Å². The Hall–Kier alpha value is -2.25. The topological polar surface area (TPSA) is 64.3 Å². The number of aryl methyl sites for hydroxylation is 2. The normalized spacial score (nSPS) is 15.2. The van der Waals surface area contributed by atoms with Gasteiger partial charge < -0.3 is 9.26 Å². The molecule has 1 aliphatic rings. The van der Waals surface area contributed by atoms with Gasteiger partial charge in [-0.3, -0.25) is 4.90 Å². The van der Waals surface area contributed by atoms with Crippen LogP contribution in [0.2, 0.25) is 0 Å². The molecule has 3 aromatic rings. The van der Waals surface area contributed by atoms with Gasteiger partial charge in [0.1, 0.15) is 5.75 Å². The summed E-state index contributed by atoms with van der Waals surface area (Å²) in [5.41, 5.74) is 4.23. The zero-order valence-electron chi connectivity index (χ0n) is 15.0. The van der Waals surface area contributed by atoms with Crippen LogP contribution in [0.25, 0.3) is 0 Å². The Morgan fingerprint density at radius 3 is 2.96 bits per heavy atom. The van der Waals surface area contributed by atoms with E-state index in [0.29, 0.717) is 24.8 Å². The van der Waals surface area contributed by atoms with E-state index in [2.05, 4.69) is 39.9 Å². The summed E-state index contributed by atoms with van der Waals surface area (Å²) in [4.78, 5) is 12.6. The summed E-state index contributed by atoms with van der Waals surface area (Å²) >= 11 is 1.72. The first-order valence-corrected chi connectivity index (χ1v) is 9.68. The van der Waals surface area contributed by atoms with Gasteiger partial charge in [0.25, 0.3) is 0 Å². The Labute approximate surface area is 156 Å². The van der Waals surface area contributed by atoms with Crippen LogP contribution >= 0.6 is 11.3 Å². The highest BCUT2D eigenvalue weighted by Crippen LogP contribution is 2.28. The Morgan fingerprint density at radius 2 is 2.19 bits per heavy atom. The summed E-state index contributed by atoms with van der Waals surface area (Å²) in [6.45, 7) is 7.53. The molecule has 6 nitrogen and oxygen atoms in total. The van der Waals surface area contributed by atoms with Crippen LogP contribution in [0.5, 0.6) is 5.75 Å².